The summed E-state index contributed by atoms with van der Waals surface area (Å²) in [6, 6.07) is 14.8. The van der Waals surface area contributed by atoms with Crippen LogP contribution in [0.5, 0.6) is 11.5 Å². The number of pyridine rings is 1. The first kappa shape index (κ1) is 27.5. The number of nitrogens with zero attached hydrogens (tertiary/aromatic N) is 4. The minimum absolute atomic E-state index is 0.0896. The van der Waals surface area contributed by atoms with Crippen LogP contribution >= 0.6 is 22.9 Å². The van der Waals surface area contributed by atoms with E-state index in [4.69, 9.17) is 21.1 Å². The average molecular weight is 601 g/mol. The van der Waals surface area contributed by atoms with Gasteiger partial charge in [0.1, 0.15) is 17.9 Å². The quantitative estimate of drug-likeness (QED) is 0.0938. The van der Waals surface area contributed by atoms with Crippen LogP contribution in [-0.4, -0.2) is 44.4 Å². The normalized spacial score (nSPS) is 16.5. The van der Waals surface area contributed by atoms with Crippen molar-refractivity contribution < 1.29 is 24.2 Å². The summed E-state index contributed by atoms with van der Waals surface area (Å²) in [5.41, 5.74) is 2.47. The fraction of sp³-hybridized carbons (Fsp3) is 0.161. The van der Waals surface area contributed by atoms with Gasteiger partial charge in [0.15, 0.2) is 22.4 Å². The van der Waals surface area contributed by atoms with Crippen LogP contribution in [0.1, 0.15) is 29.9 Å². The number of anilines is 1. The summed E-state index contributed by atoms with van der Waals surface area (Å²) in [4.78, 5) is 38.1. The zero-order chi connectivity index (χ0) is 29.5. The highest BCUT2D eigenvalue weighted by Crippen LogP contribution is 2.46. The second-order valence-corrected chi connectivity index (χ2v) is 10.9. The molecule has 0 bridgehead atoms. The Morgan fingerprint density at radius 1 is 1.12 bits per heavy atom. The van der Waals surface area contributed by atoms with Gasteiger partial charge in [0, 0.05) is 11.2 Å². The number of ketones is 1. The van der Waals surface area contributed by atoms with Gasteiger partial charge in [-0.15, -0.1) is 0 Å². The van der Waals surface area contributed by atoms with E-state index in [1.54, 1.807) is 72.1 Å². The van der Waals surface area contributed by atoms with Crippen LogP contribution in [0.25, 0.3) is 21.6 Å². The van der Waals surface area contributed by atoms with E-state index in [1.165, 1.54) is 16.2 Å². The summed E-state index contributed by atoms with van der Waals surface area (Å²) >= 11 is 7.44. The average Bonchev–Trinajstić information content (AvgIpc) is 3.62. The number of aromatic nitrogens is 3. The van der Waals surface area contributed by atoms with Crippen molar-refractivity contribution in [2.24, 2.45) is 0 Å². The number of aliphatic hydroxyl groups excluding tert-OH is 1. The molecule has 1 aliphatic rings. The van der Waals surface area contributed by atoms with Crippen molar-refractivity contribution in [1.82, 2.24) is 14.4 Å². The Hall–Kier alpha value is -4.67. The SMILES string of the molecule is C=CCOc1ccc(C2/C(=C(\O)c3c(C)nc4ccccn34)C(=O)C(=O)N2c2nc3ccc(Cl)cc3s2)cc1OCC. The first-order valence-electron chi connectivity index (χ1n) is 13.1. The zero-order valence-electron chi connectivity index (χ0n) is 22.7. The lowest BCUT2D eigenvalue weighted by molar-refractivity contribution is -0.132. The Morgan fingerprint density at radius 3 is 2.74 bits per heavy atom. The number of amides is 1. The topological polar surface area (TPSA) is 106 Å². The summed E-state index contributed by atoms with van der Waals surface area (Å²) in [5, 5.41) is 12.6. The second-order valence-electron chi connectivity index (χ2n) is 9.49. The third kappa shape index (κ3) is 4.58. The van der Waals surface area contributed by atoms with Crippen LogP contribution in [0.2, 0.25) is 5.02 Å². The lowest BCUT2D eigenvalue weighted by Crippen LogP contribution is -2.29. The molecule has 4 heterocycles. The molecule has 2 aromatic carbocycles. The molecule has 1 unspecified atom stereocenters. The number of carbonyl (C=O) groups excluding carboxylic acids is 2. The van der Waals surface area contributed by atoms with Crippen LogP contribution in [0.15, 0.2) is 79.0 Å². The van der Waals surface area contributed by atoms with Crippen molar-refractivity contribution in [2.45, 2.75) is 19.9 Å². The van der Waals surface area contributed by atoms with Gasteiger partial charge in [0.2, 0.25) is 0 Å². The number of aryl methyl sites for hydroxylation is 1. The molecule has 1 saturated heterocycles. The lowest BCUT2D eigenvalue weighted by Gasteiger charge is -2.24. The standard InChI is InChI=1S/C31H25ClN4O5S/c1-4-14-41-21-12-9-18(15-22(21)40-5-2)27-25(28(37)26-17(3)33-24-8-6-7-13-35(24)26)29(38)30(39)36(27)31-34-20-11-10-19(32)16-23(20)42-31/h4,6-13,15-16,27,37H,1,5,14H2,2-3H3/b28-25+. The van der Waals surface area contributed by atoms with E-state index in [0.717, 1.165) is 4.70 Å². The highest BCUT2D eigenvalue weighted by molar-refractivity contribution is 7.22. The number of fused-ring (bicyclic) bond motifs is 2. The van der Waals surface area contributed by atoms with E-state index in [2.05, 4.69) is 16.5 Å². The van der Waals surface area contributed by atoms with Gasteiger partial charge in [-0.2, -0.15) is 0 Å². The predicted molar refractivity (Wildman–Crippen MR) is 163 cm³/mol. The molecule has 212 valence electrons. The van der Waals surface area contributed by atoms with Crippen LogP contribution in [0.4, 0.5) is 5.13 Å². The first-order valence-corrected chi connectivity index (χ1v) is 14.3. The van der Waals surface area contributed by atoms with E-state index in [1.807, 2.05) is 13.0 Å². The minimum atomic E-state index is -1.03. The number of carbonyl (C=O) groups is 2. The number of imidazole rings is 1. The van der Waals surface area contributed by atoms with E-state index in [-0.39, 0.29) is 17.9 Å². The fourth-order valence-corrected chi connectivity index (χ4v) is 6.36. The van der Waals surface area contributed by atoms with E-state index in [9.17, 15) is 14.7 Å². The van der Waals surface area contributed by atoms with Crippen LogP contribution in [-0.2, 0) is 9.59 Å². The molecule has 1 atom stereocenters. The zero-order valence-corrected chi connectivity index (χ0v) is 24.3. The maximum absolute atomic E-state index is 13.8. The first-order chi connectivity index (χ1) is 20.3. The molecule has 6 rings (SSSR count). The molecule has 1 aliphatic heterocycles. The molecule has 9 nitrogen and oxygen atoms in total. The molecule has 1 fully saturated rings. The van der Waals surface area contributed by atoms with Crippen molar-refractivity contribution >= 4 is 61.4 Å². The summed E-state index contributed by atoms with van der Waals surface area (Å²) < 4.78 is 14.1. The third-order valence-electron chi connectivity index (χ3n) is 6.86. The molecule has 0 saturated carbocycles. The van der Waals surface area contributed by atoms with Gasteiger partial charge in [0.05, 0.1) is 34.1 Å². The molecular weight excluding hydrogens is 576 g/mol. The number of halogens is 1. The molecule has 5 aromatic rings. The number of benzene rings is 2. The van der Waals surface area contributed by atoms with Gasteiger partial charge in [-0.25, -0.2) is 9.97 Å². The van der Waals surface area contributed by atoms with E-state index in [0.29, 0.717) is 56.4 Å². The summed E-state index contributed by atoms with van der Waals surface area (Å²) in [6.07, 6.45) is 3.36. The van der Waals surface area contributed by atoms with Crippen LogP contribution < -0.4 is 14.4 Å². The Labute approximate surface area is 249 Å². The molecule has 1 amide bonds. The number of hydrogen-bond donors (Lipinski definition) is 1. The molecule has 42 heavy (non-hydrogen) atoms. The molecule has 0 radical (unpaired) electrons. The lowest BCUT2D eigenvalue weighted by atomic mass is 9.96. The Balaban J connectivity index is 1.60. The Morgan fingerprint density at radius 2 is 1.95 bits per heavy atom. The molecular formula is C31H25ClN4O5S. The molecule has 0 spiro atoms. The summed E-state index contributed by atoms with van der Waals surface area (Å²) in [7, 11) is 0. The Bertz CT molecular complexity index is 1930. The fourth-order valence-electron chi connectivity index (χ4n) is 5.09. The maximum atomic E-state index is 13.8. The van der Waals surface area contributed by atoms with E-state index >= 15 is 0 Å². The number of hydrogen-bond acceptors (Lipinski definition) is 8. The number of thiazole rings is 1. The van der Waals surface area contributed by atoms with Crippen molar-refractivity contribution in [3.63, 3.8) is 0 Å². The molecule has 1 N–H and O–H groups in total. The van der Waals surface area contributed by atoms with Gasteiger partial charge < -0.3 is 14.6 Å². The highest BCUT2D eigenvalue weighted by atomic mass is 35.5. The maximum Gasteiger partial charge on any atom is 0.301 e. The van der Waals surface area contributed by atoms with Crippen molar-refractivity contribution in [1.29, 1.82) is 0 Å². The van der Waals surface area contributed by atoms with Crippen molar-refractivity contribution in [3.05, 3.63) is 101 Å². The van der Waals surface area contributed by atoms with Gasteiger partial charge in [-0.3, -0.25) is 18.9 Å². The third-order valence-corrected chi connectivity index (χ3v) is 8.11. The monoisotopic (exact) mass is 600 g/mol. The van der Waals surface area contributed by atoms with Crippen molar-refractivity contribution in [3.8, 4) is 11.5 Å². The molecule has 0 aliphatic carbocycles. The number of ether oxygens (including phenoxy) is 2. The van der Waals surface area contributed by atoms with Gasteiger partial charge in [-0.1, -0.05) is 47.7 Å². The van der Waals surface area contributed by atoms with Crippen LogP contribution in [0.3, 0.4) is 0 Å². The summed E-state index contributed by atoms with van der Waals surface area (Å²) in [6.45, 7) is 7.90. The van der Waals surface area contributed by atoms with E-state index < -0.39 is 17.7 Å². The second kappa shape index (κ2) is 11.0. The van der Waals surface area contributed by atoms with Gasteiger partial charge >= 0.3 is 5.91 Å². The molecule has 11 heteroatoms. The Kier molecular flexibility index (Phi) is 7.17. The van der Waals surface area contributed by atoms with Gasteiger partial charge in [-0.05, 0) is 61.9 Å². The largest absolute Gasteiger partial charge is 0.505 e. The number of aliphatic hydroxyl groups is 1. The number of Topliss-reactive ketones (excluding diaryl/α,β-unsaturated/α-hetero) is 1. The highest BCUT2D eigenvalue weighted by Gasteiger charge is 2.49. The van der Waals surface area contributed by atoms with Gasteiger partial charge in [0.25, 0.3) is 5.78 Å². The van der Waals surface area contributed by atoms with Crippen molar-refractivity contribution in [2.75, 3.05) is 18.1 Å². The smallest absolute Gasteiger partial charge is 0.301 e. The number of rotatable bonds is 8. The molecule has 3 aromatic heterocycles. The summed E-state index contributed by atoms with van der Waals surface area (Å²) in [5.74, 6) is -1.10. The predicted octanol–water partition coefficient (Wildman–Crippen LogP) is 6.50. The van der Waals surface area contributed by atoms with Crippen LogP contribution in [0, 0.1) is 6.92 Å². The minimum Gasteiger partial charge on any atom is -0.505 e.